The maximum absolute atomic E-state index is 6.19. The first-order valence-electron chi connectivity index (χ1n) is 7.05. The summed E-state index contributed by atoms with van der Waals surface area (Å²) >= 11 is 13.7. The molecule has 0 saturated carbocycles. The Morgan fingerprint density at radius 1 is 1.17 bits per heavy atom. The van der Waals surface area contributed by atoms with Crippen molar-refractivity contribution in [3.8, 4) is 0 Å². The quantitative estimate of drug-likeness (QED) is 0.481. The molecule has 0 aliphatic carbocycles. The third-order valence-corrected chi connectivity index (χ3v) is 5.26. The first-order chi connectivity index (χ1) is 11.1. The molecule has 1 N–H and O–H groups in total. The summed E-state index contributed by atoms with van der Waals surface area (Å²) in [6.45, 7) is 2.11. The molecule has 0 fully saturated rings. The van der Waals surface area contributed by atoms with E-state index in [1.807, 2.05) is 24.3 Å². The van der Waals surface area contributed by atoms with Gasteiger partial charge in [-0.05, 0) is 36.2 Å². The van der Waals surface area contributed by atoms with Gasteiger partial charge in [-0.15, -0.1) is 0 Å². The molecule has 23 heavy (non-hydrogen) atoms. The zero-order valence-corrected chi connectivity index (χ0v) is 14.4. The summed E-state index contributed by atoms with van der Waals surface area (Å²) < 4.78 is 6.66. The molecular weight excluding hydrogens is 353 g/mol. The van der Waals surface area contributed by atoms with Crippen LogP contribution in [0.15, 0.2) is 34.7 Å². The number of benzene rings is 2. The van der Waals surface area contributed by atoms with Crippen LogP contribution in [0, 0.1) is 0 Å². The van der Waals surface area contributed by atoms with Gasteiger partial charge in [-0.2, -0.15) is 4.98 Å². The summed E-state index contributed by atoms with van der Waals surface area (Å²) in [6.07, 6.45) is 0.961. The van der Waals surface area contributed by atoms with Crippen molar-refractivity contribution in [1.82, 2.24) is 9.97 Å². The first-order valence-corrected chi connectivity index (χ1v) is 8.62. The number of aryl methyl sites for hydroxylation is 1. The van der Waals surface area contributed by atoms with Crippen LogP contribution in [-0.4, -0.2) is 9.97 Å². The topological polar surface area (TPSA) is 51.0 Å². The van der Waals surface area contributed by atoms with Crippen LogP contribution in [0.4, 0.5) is 11.1 Å². The molecule has 4 rings (SSSR count). The Morgan fingerprint density at radius 3 is 2.87 bits per heavy atom. The number of halogens is 2. The molecule has 0 unspecified atom stereocenters. The van der Waals surface area contributed by atoms with Crippen molar-refractivity contribution in [3.63, 3.8) is 0 Å². The van der Waals surface area contributed by atoms with Crippen LogP contribution in [0.2, 0.25) is 10.0 Å². The van der Waals surface area contributed by atoms with E-state index >= 15 is 0 Å². The zero-order chi connectivity index (χ0) is 16.0. The molecule has 0 bridgehead atoms. The molecule has 0 spiro atoms. The minimum Gasteiger partial charge on any atom is -0.423 e. The number of oxazole rings is 1. The van der Waals surface area contributed by atoms with Crippen LogP contribution in [0.25, 0.3) is 21.3 Å². The average Bonchev–Trinajstić information content (AvgIpc) is 3.13. The lowest BCUT2D eigenvalue weighted by Crippen LogP contribution is -1.88. The SMILES string of the molecule is CCc1ccc2oc(Nc3nc4c(Cl)c(Cl)ccc4s3)nc2c1. The summed E-state index contributed by atoms with van der Waals surface area (Å²) in [4.78, 5) is 8.92. The smallest absolute Gasteiger partial charge is 0.302 e. The molecule has 4 aromatic rings. The van der Waals surface area contributed by atoms with Crippen molar-refractivity contribution >= 4 is 67.0 Å². The number of hydrogen-bond donors (Lipinski definition) is 1. The van der Waals surface area contributed by atoms with Gasteiger partial charge in [-0.25, -0.2) is 4.98 Å². The van der Waals surface area contributed by atoms with E-state index in [1.165, 1.54) is 16.9 Å². The molecule has 7 heteroatoms. The molecule has 4 nitrogen and oxygen atoms in total. The van der Waals surface area contributed by atoms with Crippen molar-refractivity contribution in [3.05, 3.63) is 45.9 Å². The Bertz CT molecular complexity index is 1020. The van der Waals surface area contributed by atoms with Crippen LogP contribution in [0.1, 0.15) is 12.5 Å². The van der Waals surface area contributed by atoms with E-state index in [0.717, 1.165) is 22.2 Å². The van der Waals surface area contributed by atoms with Crippen molar-refractivity contribution in [2.45, 2.75) is 13.3 Å². The number of aromatic nitrogens is 2. The summed E-state index contributed by atoms with van der Waals surface area (Å²) in [5.74, 6) is 0. The number of nitrogens with zero attached hydrogens (tertiary/aromatic N) is 2. The molecule has 2 aromatic heterocycles. The van der Waals surface area contributed by atoms with E-state index in [9.17, 15) is 0 Å². The van der Waals surface area contributed by atoms with Gasteiger partial charge in [0.25, 0.3) is 0 Å². The number of nitrogens with one attached hydrogen (secondary N) is 1. The molecule has 2 heterocycles. The fourth-order valence-electron chi connectivity index (χ4n) is 2.33. The molecule has 0 atom stereocenters. The normalized spacial score (nSPS) is 11.4. The van der Waals surface area contributed by atoms with Crippen LogP contribution in [0.3, 0.4) is 0 Å². The second-order valence-electron chi connectivity index (χ2n) is 5.03. The van der Waals surface area contributed by atoms with Gasteiger partial charge in [0.05, 0.1) is 14.7 Å². The number of rotatable bonds is 3. The summed E-state index contributed by atoms with van der Waals surface area (Å²) in [5.41, 5.74) is 3.47. The standard InChI is InChI=1S/C16H11Cl2N3OS/c1-2-8-3-5-11-10(7-8)19-15(22-11)21-16-20-14-12(23-16)6-4-9(17)13(14)18/h3-7H,2H2,1H3,(H,19,20,21). The third kappa shape index (κ3) is 2.65. The van der Waals surface area contributed by atoms with Gasteiger partial charge in [0.2, 0.25) is 0 Å². The zero-order valence-electron chi connectivity index (χ0n) is 12.1. The van der Waals surface area contributed by atoms with Crippen LogP contribution in [-0.2, 0) is 6.42 Å². The van der Waals surface area contributed by atoms with Crippen molar-refractivity contribution in [2.75, 3.05) is 5.32 Å². The Balaban J connectivity index is 1.71. The van der Waals surface area contributed by atoms with Crippen LogP contribution in [0.5, 0.6) is 0 Å². The Kier molecular flexibility index (Phi) is 3.64. The van der Waals surface area contributed by atoms with E-state index in [1.54, 1.807) is 6.07 Å². The molecule has 0 radical (unpaired) electrons. The van der Waals surface area contributed by atoms with Gasteiger partial charge >= 0.3 is 6.01 Å². The minimum atomic E-state index is 0.412. The van der Waals surface area contributed by atoms with Crippen molar-refractivity contribution in [1.29, 1.82) is 0 Å². The lowest BCUT2D eigenvalue weighted by Gasteiger charge is -1.94. The van der Waals surface area contributed by atoms with Crippen molar-refractivity contribution in [2.24, 2.45) is 0 Å². The number of fused-ring (bicyclic) bond motifs is 2. The summed E-state index contributed by atoms with van der Waals surface area (Å²) in [7, 11) is 0. The summed E-state index contributed by atoms with van der Waals surface area (Å²) in [5, 5.41) is 4.70. The highest BCUT2D eigenvalue weighted by Gasteiger charge is 2.12. The number of thiazole rings is 1. The molecule has 2 aromatic carbocycles. The van der Waals surface area contributed by atoms with Crippen LogP contribution >= 0.6 is 34.5 Å². The first kappa shape index (κ1) is 14.8. The van der Waals surface area contributed by atoms with Gasteiger partial charge in [0.15, 0.2) is 10.7 Å². The maximum Gasteiger partial charge on any atom is 0.302 e. The predicted molar refractivity (Wildman–Crippen MR) is 96.3 cm³/mol. The van der Waals surface area contributed by atoms with Crippen molar-refractivity contribution < 1.29 is 4.42 Å². The largest absolute Gasteiger partial charge is 0.423 e. The summed E-state index contributed by atoms with van der Waals surface area (Å²) in [6, 6.07) is 10.1. The van der Waals surface area contributed by atoms with E-state index in [0.29, 0.717) is 26.7 Å². The minimum absolute atomic E-state index is 0.412. The Hall–Kier alpha value is -1.82. The van der Waals surface area contributed by atoms with E-state index in [-0.39, 0.29) is 0 Å². The molecule has 0 amide bonds. The van der Waals surface area contributed by atoms with E-state index < -0.39 is 0 Å². The van der Waals surface area contributed by atoms with Crippen LogP contribution < -0.4 is 5.32 Å². The number of anilines is 2. The highest BCUT2D eigenvalue weighted by molar-refractivity contribution is 7.22. The van der Waals surface area contributed by atoms with Gasteiger partial charge in [-0.1, -0.05) is 47.5 Å². The fourth-order valence-corrected chi connectivity index (χ4v) is 3.61. The van der Waals surface area contributed by atoms with Gasteiger partial charge < -0.3 is 4.42 Å². The molecule has 116 valence electrons. The average molecular weight is 364 g/mol. The molecule has 0 aliphatic heterocycles. The molecular formula is C16H11Cl2N3OS. The van der Waals surface area contributed by atoms with E-state index in [2.05, 4.69) is 22.2 Å². The fraction of sp³-hybridized carbons (Fsp3) is 0.125. The lowest BCUT2D eigenvalue weighted by atomic mass is 10.1. The van der Waals surface area contributed by atoms with Gasteiger partial charge in [-0.3, -0.25) is 5.32 Å². The third-order valence-electron chi connectivity index (χ3n) is 3.53. The predicted octanol–water partition coefficient (Wildman–Crippen LogP) is 6.05. The second kappa shape index (κ2) is 5.67. The van der Waals surface area contributed by atoms with Gasteiger partial charge in [0.1, 0.15) is 11.0 Å². The lowest BCUT2D eigenvalue weighted by molar-refractivity contribution is 0.623. The maximum atomic E-state index is 6.19. The number of hydrogen-bond acceptors (Lipinski definition) is 5. The molecule has 0 saturated heterocycles. The Labute approximate surface area is 146 Å². The highest BCUT2D eigenvalue weighted by Crippen LogP contribution is 2.36. The van der Waals surface area contributed by atoms with E-state index in [4.69, 9.17) is 27.6 Å². The Morgan fingerprint density at radius 2 is 2.04 bits per heavy atom. The van der Waals surface area contributed by atoms with Gasteiger partial charge in [0, 0.05) is 0 Å². The highest BCUT2D eigenvalue weighted by atomic mass is 35.5. The molecule has 0 aliphatic rings. The monoisotopic (exact) mass is 363 g/mol. The second-order valence-corrected chi connectivity index (χ2v) is 6.84.